The van der Waals surface area contributed by atoms with Crippen molar-refractivity contribution in [2.75, 3.05) is 20.3 Å². The largest absolute Gasteiger partial charge is 0.483 e. The fourth-order valence-electron chi connectivity index (χ4n) is 4.18. The molecule has 3 N–H and O–H groups in total. The van der Waals surface area contributed by atoms with Gasteiger partial charge >= 0.3 is 0 Å². The standard InChI is InChI=1S/C21H25F3N4O3.CH2O2/c1-30-11-21(4-5-21)20-26-19(31-27-20)17-3-2-6-28(17)18(29)9-13(25)7-12-8-15(23)16(24)10-14(12)22;2-1-3/h8,10,13,17H,2-7,9,11,25H2,1H3;1H,(H,2,3)/t13-,17+;/m1./s1. The zero-order valence-electron chi connectivity index (χ0n) is 18.7. The van der Waals surface area contributed by atoms with Crippen molar-refractivity contribution in [2.45, 2.75) is 56.0 Å². The molecule has 9 nitrogen and oxygen atoms in total. The van der Waals surface area contributed by atoms with Crippen molar-refractivity contribution in [1.82, 2.24) is 15.0 Å². The molecular formula is C22H27F3N4O5. The number of nitrogens with zero attached hydrogens (tertiary/aromatic N) is 3. The second-order valence-corrected chi connectivity index (χ2v) is 8.55. The van der Waals surface area contributed by atoms with Gasteiger partial charge in [-0.3, -0.25) is 9.59 Å². The van der Waals surface area contributed by atoms with Gasteiger partial charge < -0.3 is 25.0 Å². The molecule has 34 heavy (non-hydrogen) atoms. The molecule has 0 spiro atoms. The molecule has 1 aliphatic heterocycles. The summed E-state index contributed by atoms with van der Waals surface area (Å²) in [5.74, 6) is -2.52. The van der Waals surface area contributed by atoms with Crippen LogP contribution in [0, 0.1) is 17.5 Å². The van der Waals surface area contributed by atoms with Gasteiger partial charge in [0.1, 0.15) is 11.9 Å². The molecule has 12 heteroatoms. The summed E-state index contributed by atoms with van der Waals surface area (Å²) in [5.41, 5.74) is 5.77. The molecule has 2 aromatic rings. The third kappa shape index (κ3) is 5.73. The molecule has 0 unspecified atom stereocenters. The minimum Gasteiger partial charge on any atom is -0.483 e. The minimum absolute atomic E-state index is 0.0633. The molecule has 2 atom stereocenters. The van der Waals surface area contributed by atoms with E-state index in [0.29, 0.717) is 37.4 Å². The van der Waals surface area contributed by atoms with Crippen LogP contribution in [0.3, 0.4) is 0 Å². The van der Waals surface area contributed by atoms with E-state index in [2.05, 4.69) is 10.1 Å². The van der Waals surface area contributed by atoms with E-state index in [4.69, 9.17) is 24.9 Å². The molecule has 2 aliphatic rings. The van der Waals surface area contributed by atoms with Crippen LogP contribution in [0.1, 0.15) is 55.4 Å². The first-order chi connectivity index (χ1) is 16.2. The van der Waals surface area contributed by atoms with Crippen molar-refractivity contribution in [1.29, 1.82) is 0 Å². The Morgan fingerprint density at radius 2 is 2.03 bits per heavy atom. The molecule has 1 aromatic heterocycles. The maximum atomic E-state index is 13.9. The number of ether oxygens (including phenoxy) is 1. The number of halogens is 3. The van der Waals surface area contributed by atoms with E-state index in [1.54, 1.807) is 12.0 Å². The maximum Gasteiger partial charge on any atom is 0.290 e. The molecular weight excluding hydrogens is 457 g/mol. The van der Waals surface area contributed by atoms with Crippen molar-refractivity contribution in [2.24, 2.45) is 5.73 Å². The molecule has 2 fully saturated rings. The van der Waals surface area contributed by atoms with Crippen molar-refractivity contribution in [3.8, 4) is 0 Å². The number of rotatable bonds is 8. The smallest absolute Gasteiger partial charge is 0.290 e. The minimum atomic E-state index is -1.26. The van der Waals surface area contributed by atoms with Crippen LogP contribution >= 0.6 is 0 Å². The van der Waals surface area contributed by atoms with E-state index in [-0.39, 0.29) is 42.2 Å². The van der Waals surface area contributed by atoms with Gasteiger partial charge in [-0.15, -0.1) is 0 Å². The summed E-state index contributed by atoms with van der Waals surface area (Å²) in [5, 5.41) is 11.0. The fourth-order valence-corrected chi connectivity index (χ4v) is 4.18. The van der Waals surface area contributed by atoms with Crippen LogP contribution in [0.4, 0.5) is 13.2 Å². The SMILES string of the molecule is COCC1(c2noc([C@@H]3CCCN3C(=O)C[C@H](N)Cc3cc(F)c(F)cc3F)n2)CC1.O=CO. The summed E-state index contributed by atoms with van der Waals surface area (Å²) >= 11 is 0. The number of carbonyl (C=O) groups excluding carboxylic acids is 1. The lowest BCUT2D eigenvalue weighted by Crippen LogP contribution is -2.36. The highest BCUT2D eigenvalue weighted by Gasteiger charge is 2.49. The zero-order valence-corrected chi connectivity index (χ0v) is 18.7. The first kappa shape index (κ1) is 25.6. The summed E-state index contributed by atoms with van der Waals surface area (Å²) in [6.07, 6.45) is 3.19. The molecule has 1 saturated carbocycles. The molecule has 1 saturated heterocycles. The Hall–Kier alpha value is -2.99. The van der Waals surface area contributed by atoms with E-state index < -0.39 is 23.5 Å². The number of amides is 1. The molecule has 1 aromatic carbocycles. The van der Waals surface area contributed by atoms with E-state index in [1.807, 2.05) is 0 Å². The van der Waals surface area contributed by atoms with Crippen LogP contribution in [0.15, 0.2) is 16.7 Å². The first-order valence-corrected chi connectivity index (χ1v) is 10.8. The fraction of sp³-hybridized carbons (Fsp3) is 0.545. The number of methoxy groups -OCH3 is 1. The number of aromatic nitrogens is 2. The summed E-state index contributed by atoms with van der Waals surface area (Å²) < 4.78 is 51.1. The highest BCUT2D eigenvalue weighted by atomic mass is 19.2. The Labute approximate surface area is 194 Å². The number of likely N-dealkylation sites (tertiary alicyclic amines) is 1. The van der Waals surface area contributed by atoms with Crippen LogP contribution in [0.5, 0.6) is 0 Å². The molecule has 2 heterocycles. The predicted octanol–water partition coefficient (Wildman–Crippen LogP) is 2.49. The third-order valence-electron chi connectivity index (χ3n) is 6.06. The third-order valence-corrected chi connectivity index (χ3v) is 6.06. The lowest BCUT2D eigenvalue weighted by atomic mass is 10.0. The van der Waals surface area contributed by atoms with Crippen molar-refractivity contribution >= 4 is 12.4 Å². The predicted molar refractivity (Wildman–Crippen MR) is 112 cm³/mol. The van der Waals surface area contributed by atoms with Gasteiger partial charge in [-0.1, -0.05) is 5.16 Å². The summed E-state index contributed by atoms with van der Waals surface area (Å²) in [6.45, 7) is 0.797. The van der Waals surface area contributed by atoms with E-state index in [9.17, 15) is 18.0 Å². The van der Waals surface area contributed by atoms with E-state index >= 15 is 0 Å². The van der Waals surface area contributed by atoms with Crippen molar-refractivity contribution in [3.05, 3.63) is 46.9 Å². The summed E-state index contributed by atoms with van der Waals surface area (Å²) in [4.78, 5) is 27.4. The number of hydrogen-bond acceptors (Lipinski definition) is 7. The number of carbonyl (C=O) groups is 2. The van der Waals surface area contributed by atoms with Gasteiger partial charge in [0.15, 0.2) is 17.5 Å². The Kier molecular flexibility index (Phi) is 8.26. The van der Waals surface area contributed by atoms with Gasteiger partial charge in [-0.05, 0) is 43.7 Å². The Balaban J connectivity index is 0.00000103. The molecule has 0 radical (unpaired) electrons. The van der Waals surface area contributed by atoms with Gasteiger partial charge in [0.2, 0.25) is 11.8 Å². The number of carboxylic acid groups (broad SMARTS) is 1. The Morgan fingerprint density at radius 1 is 1.35 bits per heavy atom. The highest BCUT2D eigenvalue weighted by molar-refractivity contribution is 5.77. The quantitative estimate of drug-likeness (QED) is 0.432. The zero-order chi connectivity index (χ0) is 24.9. The van der Waals surface area contributed by atoms with Gasteiger partial charge in [0.05, 0.1) is 12.0 Å². The number of nitrogens with two attached hydrogens (primary N) is 1. The molecule has 186 valence electrons. The first-order valence-electron chi connectivity index (χ1n) is 10.8. The van der Waals surface area contributed by atoms with Gasteiger partial charge in [0.25, 0.3) is 6.47 Å². The van der Waals surface area contributed by atoms with Crippen LogP contribution in [-0.2, 0) is 26.2 Å². The normalized spacial score (nSPS) is 19.3. The average molecular weight is 484 g/mol. The molecule has 4 rings (SSSR count). The lowest BCUT2D eigenvalue weighted by Gasteiger charge is -2.23. The maximum absolute atomic E-state index is 13.9. The van der Waals surface area contributed by atoms with Gasteiger partial charge in [-0.2, -0.15) is 4.98 Å². The van der Waals surface area contributed by atoms with Gasteiger partial charge in [0, 0.05) is 32.2 Å². The van der Waals surface area contributed by atoms with Crippen molar-refractivity contribution < 1.29 is 37.1 Å². The van der Waals surface area contributed by atoms with E-state index in [1.165, 1.54) is 0 Å². The number of hydrogen-bond donors (Lipinski definition) is 2. The summed E-state index contributed by atoms with van der Waals surface area (Å²) in [6, 6.07) is 0.183. The summed E-state index contributed by atoms with van der Waals surface area (Å²) in [7, 11) is 1.63. The average Bonchev–Trinajstić information content (AvgIpc) is 3.18. The topological polar surface area (TPSA) is 132 Å². The molecule has 0 bridgehead atoms. The van der Waals surface area contributed by atoms with E-state index in [0.717, 1.165) is 25.3 Å². The van der Waals surface area contributed by atoms with Crippen LogP contribution in [0.25, 0.3) is 0 Å². The highest BCUT2D eigenvalue weighted by Crippen LogP contribution is 2.47. The lowest BCUT2D eigenvalue weighted by molar-refractivity contribution is -0.133. The Bertz CT molecular complexity index is 1010. The second kappa shape index (κ2) is 11.0. The number of benzene rings is 1. The van der Waals surface area contributed by atoms with Crippen molar-refractivity contribution in [3.63, 3.8) is 0 Å². The Morgan fingerprint density at radius 3 is 2.68 bits per heavy atom. The van der Waals surface area contributed by atoms with Crippen LogP contribution in [-0.4, -0.2) is 58.8 Å². The molecule has 1 aliphatic carbocycles. The molecule has 1 amide bonds. The monoisotopic (exact) mass is 484 g/mol. The second-order valence-electron chi connectivity index (χ2n) is 8.55. The van der Waals surface area contributed by atoms with Crippen LogP contribution < -0.4 is 5.73 Å². The van der Waals surface area contributed by atoms with Crippen LogP contribution in [0.2, 0.25) is 0 Å². The van der Waals surface area contributed by atoms with Gasteiger partial charge in [-0.25, -0.2) is 13.2 Å².